The van der Waals surface area contributed by atoms with Gasteiger partial charge in [0, 0.05) is 16.6 Å². The summed E-state index contributed by atoms with van der Waals surface area (Å²) in [6, 6.07) is 7.11. The van der Waals surface area contributed by atoms with Gasteiger partial charge in [0.2, 0.25) is 0 Å². The van der Waals surface area contributed by atoms with E-state index in [2.05, 4.69) is 12.2 Å². The lowest BCUT2D eigenvalue weighted by Gasteiger charge is -2.19. The SMILES string of the molecule is CC[C@H]1CCc2sc(C(=O)OCC(=O)Nc3ccc4c(c3)OCCO4)cc2C1. The van der Waals surface area contributed by atoms with Gasteiger partial charge in [0.25, 0.3) is 5.91 Å². The Labute approximate surface area is 167 Å². The third kappa shape index (κ3) is 4.14. The van der Waals surface area contributed by atoms with Crippen molar-refractivity contribution in [1.82, 2.24) is 0 Å². The molecule has 6 nitrogen and oxygen atoms in total. The Hall–Kier alpha value is -2.54. The average molecular weight is 401 g/mol. The van der Waals surface area contributed by atoms with Crippen LogP contribution in [-0.2, 0) is 22.4 Å². The third-order valence-electron chi connectivity index (χ3n) is 5.12. The van der Waals surface area contributed by atoms with Crippen molar-refractivity contribution in [2.24, 2.45) is 5.92 Å². The van der Waals surface area contributed by atoms with Crippen molar-refractivity contribution >= 4 is 28.9 Å². The molecule has 148 valence electrons. The fourth-order valence-corrected chi connectivity index (χ4v) is 4.67. The lowest BCUT2D eigenvalue weighted by Crippen LogP contribution is -2.21. The first-order chi connectivity index (χ1) is 13.6. The van der Waals surface area contributed by atoms with E-state index < -0.39 is 11.9 Å². The second-order valence-corrected chi connectivity index (χ2v) is 8.20. The van der Waals surface area contributed by atoms with Gasteiger partial charge in [-0.1, -0.05) is 13.3 Å². The summed E-state index contributed by atoms with van der Waals surface area (Å²) in [5.74, 6) is 1.11. The lowest BCUT2D eigenvalue weighted by molar-refractivity contribution is -0.119. The summed E-state index contributed by atoms with van der Waals surface area (Å²) < 4.78 is 16.2. The van der Waals surface area contributed by atoms with Crippen molar-refractivity contribution in [1.29, 1.82) is 0 Å². The third-order valence-corrected chi connectivity index (χ3v) is 6.34. The van der Waals surface area contributed by atoms with Gasteiger partial charge < -0.3 is 19.5 Å². The van der Waals surface area contributed by atoms with E-state index in [1.165, 1.54) is 28.2 Å². The van der Waals surface area contributed by atoms with Crippen molar-refractivity contribution in [2.75, 3.05) is 25.1 Å². The maximum absolute atomic E-state index is 12.3. The zero-order chi connectivity index (χ0) is 19.5. The second-order valence-electron chi connectivity index (χ2n) is 7.06. The van der Waals surface area contributed by atoms with E-state index >= 15 is 0 Å². The topological polar surface area (TPSA) is 73.9 Å². The molecule has 28 heavy (non-hydrogen) atoms. The highest BCUT2D eigenvalue weighted by Crippen LogP contribution is 2.34. The van der Waals surface area contributed by atoms with Gasteiger partial charge in [0.05, 0.1) is 0 Å². The number of fused-ring (bicyclic) bond motifs is 2. The zero-order valence-corrected chi connectivity index (χ0v) is 16.6. The first kappa shape index (κ1) is 18.8. The molecule has 1 N–H and O–H groups in total. The predicted molar refractivity (Wildman–Crippen MR) is 106 cm³/mol. The average Bonchev–Trinajstić information content (AvgIpc) is 3.15. The van der Waals surface area contributed by atoms with Gasteiger partial charge in [0.1, 0.15) is 18.1 Å². The number of carbonyl (C=O) groups excluding carboxylic acids is 2. The number of thiophene rings is 1. The van der Waals surface area contributed by atoms with Crippen LogP contribution in [0.3, 0.4) is 0 Å². The van der Waals surface area contributed by atoms with E-state index in [1.807, 2.05) is 6.07 Å². The number of ether oxygens (including phenoxy) is 3. The molecule has 1 atom stereocenters. The fraction of sp³-hybridized carbons (Fsp3) is 0.429. The van der Waals surface area contributed by atoms with Crippen molar-refractivity contribution < 1.29 is 23.8 Å². The first-order valence-electron chi connectivity index (χ1n) is 9.60. The van der Waals surface area contributed by atoms with Gasteiger partial charge in [-0.3, -0.25) is 4.79 Å². The van der Waals surface area contributed by atoms with Crippen LogP contribution in [0.2, 0.25) is 0 Å². The standard InChI is InChI=1S/C21H23NO5S/c1-2-13-3-6-18-14(9-13)10-19(28-18)21(24)27-12-20(23)22-15-4-5-16-17(11-15)26-8-7-25-16/h4-5,10-11,13H,2-3,6-9,12H2,1H3,(H,22,23)/t13-/m0/s1. The maximum Gasteiger partial charge on any atom is 0.348 e. The molecule has 1 aliphatic heterocycles. The van der Waals surface area contributed by atoms with Crippen molar-refractivity contribution in [3.05, 3.63) is 39.6 Å². The summed E-state index contributed by atoms with van der Waals surface area (Å²) in [6.45, 7) is 2.87. The Morgan fingerprint density at radius 3 is 2.86 bits per heavy atom. The molecule has 2 aromatic rings. The number of hydrogen-bond donors (Lipinski definition) is 1. The Balaban J connectivity index is 1.31. The summed E-state index contributed by atoms with van der Waals surface area (Å²) in [5.41, 5.74) is 1.83. The van der Waals surface area contributed by atoms with Crippen LogP contribution in [0.1, 0.15) is 39.9 Å². The number of carbonyl (C=O) groups is 2. The molecule has 2 aliphatic rings. The largest absolute Gasteiger partial charge is 0.486 e. The molecule has 1 aliphatic carbocycles. The summed E-state index contributed by atoms with van der Waals surface area (Å²) >= 11 is 1.49. The number of hydrogen-bond acceptors (Lipinski definition) is 6. The molecule has 1 amide bonds. The highest BCUT2D eigenvalue weighted by Gasteiger charge is 2.23. The fourth-order valence-electron chi connectivity index (χ4n) is 3.57. The number of amides is 1. The van der Waals surface area contributed by atoms with Crippen molar-refractivity contribution in [3.63, 3.8) is 0 Å². The van der Waals surface area contributed by atoms with Gasteiger partial charge in [-0.15, -0.1) is 11.3 Å². The van der Waals surface area contributed by atoms with Crippen LogP contribution in [0.5, 0.6) is 11.5 Å². The quantitative estimate of drug-likeness (QED) is 0.771. The van der Waals surface area contributed by atoms with Crippen LogP contribution in [0.15, 0.2) is 24.3 Å². The van der Waals surface area contributed by atoms with Crippen molar-refractivity contribution in [3.8, 4) is 11.5 Å². The molecule has 1 aromatic heterocycles. The highest BCUT2D eigenvalue weighted by atomic mass is 32.1. The minimum Gasteiger partial charge on any atom is -0.486 e. The summed E-state index contributed by atoms with van der Waals surface area (Å²) in [7, 11) is 0. The van der Waals surface area contributed by atoms with Crippen LogP contribution in [0.25, 0.3) is 0 Å². The first-order valence-corrected chi connectivity index (χ1v) is 10.4. The number of benzene rings is 1. The normalized spacial score (nSPS) is 17.5. The van der Waals surface area contributed by atoms with Gasteiger partial charge in [-0.25, -0.2) is 4.79 Å². The van der Waals surface area contributed by atoms with E-state index in [4.69, 9.17) is 14.2 Å². The molecule has 0 saturated heterocycles. The Kier molecular flexibility index (Phi) is 5.52. The number of nitrogens with one attached hydrogen (secondary N) is 1. The minimum absolute atomic E-state index is 0.326. The summed E-state index contributed by atoms with van der Waals surface area (Å²) in [6.07, 6.45) is 4.39. The molecule has 0 radical (unpaired) electrons. The van der Waals surface area contributed by atoms with Gasteiger partial charge in [-0.05, 0) is 48.9 Å². The van der Waals surface area contributed by atoms with E-state index in [0.29, 0.717) is 41.2 Å². The monoisotopic (exact) mass is 401 g/mol. The lowest BCUT2D eigenvalue weighted by atomic mass is 9.87. The summed E-state index contributed by atoms with van der Waals surface area (Å²) in [5, 5.41) is 2.71. The zero-order valence-electron chi connectivity index (χ0n) is 15.8. The van der Waals surface area contributed by atoms with Gasteiger partial charge in [0.15, 0.2) is 18.1 Å². The highest BCUT2D eigenvalue weighted by molar-refractivity contribution is 7.14. The van der Waals surface area contributed by atoms with Crippen LogP contribution in [0.4, 0.5) is 5.69 Å². The van der Waals surface area contributed by atoms with Gasteiger partial charge >= 0.3 is 5.97 Å². The van der Waals surface area contributed by atoms with Crippen LogP contribution < -0.4 is 14.8 Å². The van der Waals surface area contributed by atoms with E-state index in [0.717, 1.165) is 19.3 Å². The molecule has 0 bridgehead atoms. The molecule has 1 aromatic carbocycles. The van der Waals surface area contributed by atoms with Crippen molar-refractivity contribution in [2.45, 2.75) is 32.6 Å². The molecule has 0 fully saturated rings. The molecule has 0 unspecified atom stereocenters. The van der Waals surface area contributed by atoms with E-state index in [-0.39, 0.29) is 6.61 Å². The Bertz CT molecular complexity index is 891. The molecule has 7 heteroatoms. The second kappa shape index (κ2) is 8.22. The van der Waals surface area contributed by atoms with Crippen LogP contribution >= 0.6 is 11.3 Å². The molecular weight excluding hydrogens is 378 g/mol. The number of esters is 1. The molecular formula is C21H23NO5S. The molecule has 0 spiro atoms. The van der Waals surface area contributed by atoms with E-state index in [9.17, 15) is 9.59 Å². The maximum atomic E-state index is 12.3. The molecule has 2 heterocycles. The van der Waals surface area contributed by atoms with Gasteiger partial charge in [-0.2, -0.15) is 0 Å². The smallest absolute Gasteiger partial charge is 0.348 e. The van der Waals surface area contributed by atoms with Crippen LogP contribution in [-0.4, -0.2) is 31.7 Å². The molecule has 4 rings (SSSR count). The predicted octanol–water partition coefficient (Wildman–Crippen LogP) is 3.83. The van der Waals surface area contributed by atoms with E-state index in [1.54, 1.807) is 18.2 Å². The number of anilines is 1. The minimum atomic E-state index is -0.440. The Morgan fingerprint density at radius 1 is 1.21 bits per heavy atom. The molecule has 0 saturated carbocycles. The number of rotatable bonds is 5. The Morgan fingerprint density at radius 2 is 2.04 bits per heavy atom. The summed E-state index contributed by atoms with van der Waals surface area (Å²) in [4.78, 5) is 26.3. The van der Waals surface area contributed by atoms with Crippen LogP contribution in [0, 0.1) is 5.92 Å². The number of aryl methyl sites for hydroxylation is 1.